The molecule has 1 amide bonds. The number of alkyl halides is 4. The first-order chi connectivity index (χ1) is 9.17. The molecule has 114 valence electrons. The second-order valence-corrected chi connectivity index (χ2v) is 6.58. The molecular weight excluding hydrogens is 276 g/mol. The number of nitrogens with two attached hydrogens (primary N) is 1. The summed E-state index contributed by atoms with van der Waals surface area (Å²) in [6, 6.07) is 0. The highest BCUT2D eigenvalue weighted by molar-refractivity contribution is 5.80. The van der Waals surface area contributed by atoms with Crippen LogP contribution in [0.25, 0.3) is 0 Å². The minimum absolute atomic E-state index is 0.00709. The lowest BCUT2D eigenvalue weighted by molar-refractivity contribution is -0.172. The van der Waals surface area contributed by atoms with Crippen LogP contribution in [-0.2, 0) is 4.79 Å². The Bertz CT molecular complexity index is 420. The van der Waals surface area contributed by atoms with Gasteiger partial charge in [-0.2, -0.15) is 17.6 Å². The molecular formula is C13H18F4N2O. The van der Waals surface area contributed by atoms with E-state index in [1.54, 1.807) is 0 Å². The van der Waals surface area contributed by atoms with Crippen molar-refractivity contribution in [2.24, 2.45) is 23.0 Å². The number of amides is 1. The van der Waals surface area contributed by atoms with Gasteiger partial charge in [-0.25, -0.2) is 0 Å². The largest absolute Gasteiger partial charge is 0.369 e. The summed E-state index contributed by atoms with van der Waals surface area (Å²) in [5.74, 6) is -8.03. The second-order valence-electron chi connectivity index (χ2n) is 6.58. The van der Waals surface area contributed by atoms with Crippen molar-refractivity contribution in [2.45, 2.75) is 37.5 Å². The van der Waals surface area contributed by atoms with Gasteiger partial charge in [0.15, 0.2) is 0 Å². The molecule has 3 nitrogen and oxygen atoms in total. The maximum atomic E-state index is 13.1. The lowest BCUT2D eigenvalue weighted by Gasteiger charge is -2.20. The molecule has 2 atom stereocenters. The number of likely N-dealkylation sites (tertiary alicyclic amines) is 1. The highest BCUT2D eigenvalue weighted by atomic mass is 19.3. The molecule has 2 aliphatic carbocycles. The number of halogens is 4. The van der Waals surface area contributed by atoms with Crippen LogP contribution in [0.2, 0.25) is 0 Å². The van der Waals surface area contributed by atoms with E-state index in [-0.39, 0.29) is 29.7 Å². The Hall–Kier alpha value is -0.850. The lowest BCUT2D eigenvalue weighted by Crippen LogP contribution is -2.38. The molecule has 7 heteroatoms. The fourth-order valence-electron chi connectivity index (χ4n) is 3.54. The van der Waals surface area contributed by atoms with Gasteiger partial charge in [0.1, 0.15) is 0 Å². The van der Waals surface area contributed by atoms with Gasteiger partial charge in [0.05, 0.1) is 13.1 Å². The molecule has 3 rings (SSSR count). The standard InChI is InChI=1S/C13H18F4N2O/c14-12(15)6-19(7-13(12,16)17)4-3-11(1-2-11)9-5-8(9)10(18)20/h8-9H,1-7H2,(H2,18,20)/t8?,9-/m1/s1. The summed E-state index contributed by atoms with van der Waals surface area (Å²) < 4.78 is 52.4. The second kappa shape index (κ2) is 4.08. The van der Waals surface area contributed by atoms with Crippen molar-refractivity contribution < 1.29 is 22.4 Å². The SMILES string of the molecule is NC(=O)C1C[C@H]1C1(CCN2CC(F)(F)C(F)(F)C2)CC1. The van der Waals surface area contributed by atoms with Gasteiger partial charge >= 0.3 is 11.8 Å². The lowest BCUT2D eigenvalue weighted by atomic mass is 9.94. The minimum atomic E-state index is -3.93. The first-order valence-electron chi connectivity index (χ1n) is 6.94. The quantitative estimate of drug-likeness (QED) is 0.787. The molecule has 0 aromatic heterocycles. The van der Waals surface area contributed by atoms with E-state index in [2.05, 4.69) is 0 Å². The molecule has 0 aromatic rings. The van der Waals surface area contributed by atoms with E-state index in [0.29, 0.717) is 6.42 Å². The number of hydrogen-bond acceptors (Lipinski definition) is 2. The number of hydrogen-bond donors (Lipinski definition) is 1. The van der Waals surface area contributed by atoms with Crippen molar-refractivity contribution in [2.75, 3.05) is 19.6 Å². The predicted molar refractivity (Wildman–Crippen MR) is 63.4 cm³/mol. The van der Waals surface area contributed by atoms with Crippen LogP contribution in [0.4, 0.5) is 17.6 Å². The molecule has 0 spiro atoms. The van der Waals surface area contributed by atoms with Gasteiger partial charge in [-0.15, -0.1) is 0 Å². The molecule has 1 heterocycles. The maximum absolute atomic E-state index is 13.1. The zero-order valence-corrected chi connectivity index (χ0v) is 11.0. The van der Waals surface area contributed by atoms with Crippen LogP contribution in [0.1, 0.15) is 25.7 Å². The van der Waals surface area contributed by atoms with Gasteiger partial charge in [0.2, 0.25) is 5.91 Å². The maximum Gasteiger partial charge on any atom is 0.323 e. The van der Waals surface area contributed by atoms with Crippen LogP contribution in [0.15, 0.2) is 0 Å². The highest BCUT2D eigenvalue weighted by Gasteiger charge is 2.64. The summed E-state index contributed by atoms with van der Waals surface area (Å²) in [5.41, 5.74) is 5.25. The molecule has 20 heavy (non-hydrogen) atoms. The van der Waals surface area contributed by atoms with Crippen molar-refractivity contribution >= 4 is 5.91 Å². The van der Waals surface area contributed by atoms with Crippen LogP contribution >= 0.6 is 0 Å². The van der Waals surface area contributed by atoms with Gasteiger partial charge in [-0.1, -0.05) is 0 Å². The van der Waals surface area contributed by atoms with Crippen LogP contribution in [0.5, 0.6) is 0 Å². The smallest absolute Gasteiger partial charge is 0.323 e. The van der Waals surface area contributed by atoms with Gasteiger partial charge in [-0.05, 0) is 43.6 Å². The summed E-state index contributed by atoms with van der Waals surface area (Å²) in [5, 5.41) is 0. The molecule has 1 saturated heterocycles. The monoisotopic (exact) mass is 294 g/mol. The van der Waals surface area contributed by atoms with E-state index in [9.17, 15) is 22.4 Å². The normalized spacial score (nSPS) is 36.8. The van der Waals surface area contributed by atoms with Crippen LogP contribution in [0.3, 0.4) is 0 Å². The summed E-state index contributed by atoms with van der Waals surface area (Å²) in [7, 11) is 0. The number of primary amides is 1. The minimum Gasteiger partial charge on any atom is -0.369 e. The molecule has 2 saturated carbocycles. The van der Waals surface area contributed by atoms with Gasteiger partial charge in [0.25, 0.3) is 0 Å². The summed E-state index contributed by atoms with van der Waals surface area (Å²) in [6.45, 7) is -1.51. The Kier molecular flexibility index (Phi) is 2.88. The third kappa shape index (κ3) is 2.19. The van der Waals surface area contributed by atoms with Gasteiger partial charge in [-0.3, -0.25) is 9.69 Å². The van der Waals surface area contributed by atoms with E-state index in [1.807, 2.05) is 0 Å². The van der Waals surface area contributed by atoms with Gasteiger partial charge in [0, 0.05) is 5.92 Å². The number of carbonyl (C=O) groups excluding carboxylic acids is 1. The fraction of sp³-hybridized carbons (Fsp3) is 0.923. The van der Waals surface area contributed by atoms with E-state index >= 15 is 0 Å². The molecule has 0 aromatic carbocycles. The Morgan fingerprint density at radius 1 is 1.15 bits per heavy atom. The molecule has 2 N–H and O–H groups in total. The van der Waals surface area contributed by atoms with Crippen molar-refractivity contribution in [1.29, 1.82) is 0 Å². The zero-order chi connectivity index (χ0) is 14.8. The number of rotatable bonds is 5. The Labute approximate surface area is 114 Å². The van der Waals surface area contributed by atoms with Crippen LogP contribution in [-0.4, -0.2) is 42.3 Å². The summed E-state index contributed by atoms with van der Waals surface area (Å²) >= 11 is 0. The average Bonchev–Trinajstić information content (AvgIpc) is 3.17. The van der Waals surface area contributed by atoms with E-state index in [1.165, 1.54) is 0 Å². The van der Waals surface area contributed by atoms with Crippen molar-refractivity contribution in [3.63, 3.8) is 0 Å². The Morgan fingerprint density at radius 2 is 1.70 bits per heavy atom. The average molecular weight is 294 g/mol. The highest BCUT2D eigenvalue weighted by Crippen LogP contribution is 2.66. The van der Waals surface area contributed by atoms with Crippen LogP contribution < -0.4 is 5.73 Å². The van der Waals surface area contributed by atoms with E-state index in [0.717, 1.165) is 24.2 Å². The summed E-state index contributed by atoms with van der Waals surface area (Å²) in [4.78, 5) is 12.2. The predicted octanol–water partition coefficient (Wildman–Crippen LogP) is 1.86. The number of carbonyl (C=O) groups is 1. The Balaban J connectivity index is 1.53. The third-order valence-electron chi connectivity index (χ3n) is 5.14. The van der Waals surface area contributed by atoms with Crippen molar-refractivity contribution in [3.8, 4) is 0 Å². The van der Waals surface area contributed by atoms with Crippen molar-refractivity contribution in [1.82, 2.24) is 4.90 Å². The first-order valence-corrected chi connectivity index (χ1v) is 6.94. The fourth-order valence-corrected chi connectivity index (χ4v) is 3.54. The number of nitrogens with zero attached hydrogens (tertiary/aromatic N) is 1. The van der Waals surface area contributed by atoms with Crippen LogP contribution in [0, 0.1) is 17.3 Å². The van der Waals surface area contributed by atoms with Crippen molar-refractivity contribution in [3.05, 3.63) is 0 Å². The van der Waals surface area contributed by atoms with E-state index in [4.69, 9.17) is 5.73 Å². The van der Waals surface area contributed by atoms with Gasteiger partial charge < -0.3 is 5.73 Å². The molecule has 3 fully saturated rings. The first kappa shape index (κ1) is 14.1. The topological polar surface area (TPSA) is 46.3 Å². The molecule has 0 radical (unpaired) electrons. The molecule has 0 bridgehead atoms. The molecule has 1 aliphatic heterocycles. The summed E-state index contributed by atoms with van der Waals surface area (Å²) in [6.07, 6.45) is 3.26. The molecule has 1 unspecified atom stereocenters. The molecule has 3 aliphatic rings. The Morgan fingerprint density at radius 3 is 2.10 bits per heavy atom. The van der Waals surface area contributed by atoms with E-state index < -0.39 is 24.9 Å². The zero-order valence-electron chi connectivity index (χ0n) is 11.0. The third-order valence-corrected chi connectivity index (χ3v) is 5.14.